The van der Waals surface area contributed by atoms with Gasteiger partial charge in [0.05, 0.1) is 6.61 Å². The van der Waals surface area contributed by atoms with Gasteiger partial charge in [0, 0.05) is 5.75 Å². The summed E-state index contributed by atoms with van der Waals surface area (Å²) < 4.78 is 7.85. The predicted octanol–water partition coefficient (Wildman–Crippen LogP) is 4.44. The van der Waals surface area contributed by atoms with Crippen molar-refractivity contribution in [1.82, 2.24) is 10.2 Å². The van der Waals surface area contributed by atoms with Crippen molar-refractivity contribution in [3.8, 4) is 5.75 Å². The molecule has 0 unspecified atom stereocenters. The number of aromatic nitrogens is 2. The first-order valence-corrected chi connectivity index (χ1v) is 9.41. The molecule has 0 spiro atoms. The number of aryl methyl sites for hydroxylation is 2. The van der Waals surface area contributed by atoms with E-state index in [-0.39, 0.29) is 0 Å². The summed E-state index contributed by atoms with van der Waals surface area (Å²) in [5.41, 5.74) is 2.49. The average molecular weight is 327 g/mol. The molecule has 0 aliphatic heterocycles. The van der Waals surface area contributed by atoms with E-state index in [1.807, 2.05) is 6.26 Å². The van der Waals surface area contributed by atoms with Gasteiger partial charge in [-0.15, -0.1) is 10.2 Å². The minimum absolute atomic E-state index is 0.740. The number of thioether (sulfide) groups is 2. The van der Waals surface area contributed by atoms with E-state index in [4.69, 9.17) is 4.74 Å². The molecule has 0 aliphatic rings. The maximum Gasteiger partial charge on any atom is 0.175 e. The summed E-state index contributed by atoms with van der Waals surface area (Å²) in [6, 6.07) is 6.31. The van der Waals surface area contributed by atoms with Gasteiger partial charge in [-0.1, -0.05) is 40.9 Å². The smallest absolute Gasteiger partial charge is 0.175 e. The average Bonchev–Trinajstić information content (AvgIpc) is 2.85. The van der Waals surface area contributed by atoms with Crippen LogP contribution in [-0.2, 0) is 0 Å². The van der Waals surface area contributed by atoms with Crippen LogP contribution in [0.4, 0.5) is 0 Å². The summed E-state index contributed by atoms with van der Waals surface area (Å²) in [7, 11) is 0. The van der Waals surface area contributed by atoms with Crippen LogP contribution in [0.5, 0.6) is 5.75 Å². The minimum Gasteiger partial charge on any atom is -0.494 e. The highest BCUT2D eigenvalue weighted by atomic mass is 32.2. The molecule has 3 nitrogen and oxygen atoms in total. The first-order chi connectivity index (χ1) is 9.67. The summed E-state index contributed by atoms with van der Waals surface area (Å²) >= 11 is 5.04. The normalized spacial score (nSPS) is 10.8. The van der Waals surface area contributed by atoms with Gasteiger partial charge in [-0.25, -0.2) is 0 Å². The fourth-order valence-corrected chi connectivity index (χ4v) is 4.18. The predicted molar refractivity (Wildman–Crippen MR) is 88.4 cm³/mol. The van der Waals surface area contributed by atoms with Gasteiger partial charge in [0.1, 0.15) is 5.75 Å². The molecule has 0 bridgehead atoms. The monoisotopic (exact) mass is 326 g/mol. The molecule has 0 aliphatic carbocycles. The van der Waals surface area contributed by atoms with Crippen molar-refractivity contribution in [1.29, 1.82) is 0 Å². The van der Waals surface area contributed by atoms with Crippen LogP contribution in [0.15, 0.2) is 26.9 Å². The Labute approximate surface area is 132 Å². The van der Waals surface area contributed by atoms with E-state index in [0.717, 1.165) is 33.2 Å². The Morgan fingerprint density at radius 2 is 1.80 bits per heavy atom. The summed E-state index contributed by atoms with van der Waals surface area (Å²) in [5, 5.41) is 8.22. The van der Waals surface area contributed by atoms with Gasteiger partial charge in [0.15, 0.2) is 8.68 Å². The Bertz CT molecular complexity index is 537. The van der Waals surface area contributed by atoms with Gasteiger partial charge < -0.3 is 4.74 Å². The SMILES string of the molecule is CSc1nnc(SCCCOc2cc(C)cc(C)c2)s1. The van der Waals surface area contributed by atoms with Crippen molar-refractivity contribution >= 4 is 34.9 Å². The lowest BCUT2D eigenvalue weighted by molar-refractivity contribution is 0.318. The zero-order valence-corrected chi connectivity index (χ0v) is 14.3. The van der Waals surface area contributed by atoms with E-state index in [9.17, 15) is 0 Å². The van der Waals surface area contributed by atoms with Crippen LogP contribution in [0.1, 0.15) is 17.5 Å². The zero-order chi connectivity index (χ0) is 14.4. The molecule has 2 rings (SSSR count). The van der Waals surface area contributed by atoms with Crippen molar-refractivity contribution in [2.24, 2.45) is 0 Å². The maximum absolute atomic E-state index is 5.78. The zero-order valence-electron chi connectivity index (χ0n) is 11.9. The highest BCUT2D eigenvalue weighted by Gasteiger charge is 2.03. The third-order valence-corrected chi connectivity index (χ3v) is 5.66. The summed E-state index contributed by atoms with van der Waals surface area (Å²) in [4.78, 5) is 0. The summed E-state index contributed by atoms with van der Waals surface area (Å²) in [6.07, 6.45) is 3.03. The second kappa shape index (κ2) is 7.90. The van der Waals surface area contributed by atoms with Crippen LogP contribution in [0.2, 0.25) is 0 Å². The molecule has 108 valence electrons. The van der Waals surface area contributed by atoms with Crippen LogP contribution in [0.25, 0.3) is 0 Å². The molecule has 0 saturated heterocycles. The molecule has 1 aromatic heterocycles. The minimum atomic E-state index is 0.740. The molecular formula is C14H18N2OS3. The standard InChI is InChI=1S/C14H18N2OS3/c1-10-7-11(2)9-12(8-10)17-5-4-6-19-14-16-15-13(18-3)20-14/h7-9H,4-6H2,1-3H3. The first-order valence-electron chi connectivity index (χ1n) is 6.39. The number of nitrogens with zero attached hydrogens (tertiary/aromatic N) is 2. The van der Waals surface area contributed by atoms with E-state index < -0.39 is 0 Å². The lowest BCUT2D eigenvalue weighted by atomic mass is 10.1. The quantitative estimate of drug-likeness (QED) is 0.555. The number of hydrogen-bond acceptors (Lipinski definition) is 6. The molecule has 0 saturated carbocycles. The number of ether oxygens (including phenoxy) is 1. The molecule has 1 heterocycles. The van der Waals surface area contributed by atoms with E-state index >= 15 is 0 Å². The number of hydrogen-bond donors (Lipinski definition) is 0. The number of benzene rings is 1. The first kappa shape index (κ1) is 15.7. The summed E-state index contributed by atoms with van der Waals surface area (Å²) in [5.74, 6) is 1.97. The van der Waals surface area contributed by atoms with Crippen molar-refractivity contribution < 1.29 is 4.74 Å². The molecule has 0 radical (unpaired) electrons. The second-order valence-electron chi connectivity index (χ2n) is 4.41. The maximum atomic E-state index is 5.78. The van der Waals surface area contributed by atoms with Crippen molar-refractivity contribution in [3.63, 3.8) is 0 Å². The molecular weight excluding hydrogens is 308 g/mol. The fraction of sp³-hybridized carbons (Fsp3) is 0.429. The third-order valence-electron chi connectivity index (χ3n) is 2.54. The van der Waals surface area contributed by atoms with Crippen molar-refractivity contribution in [2.75, 3.05) is 18.6 Å². The van der Waals surface area contributed by atoms with E-state index in [2.05, 4.69) is 42.2 Å². The Hall–Kier alpha value is -0.720. The molecule has 0 amide bonds. The highest BCUT2D eigenvalue weighted by molar-refractivity contribution is 8.02. The molecule has 20 heavy (non-hydrogen) atoms. The lowest BCUT2D eigenvalue weighted by Gasteiger charge is -2.07. The Morgan fingerprint density at radius 3 is 2.45 bits per heavy atom. The number of rotatable bonds is 7. The Kier molecular flexibility index (Phi) is 6.19. The van der Waals surface area contributed by atoms with Crippen molar-refractivity contribution in [2.45, 2.75) is 28.9 Å². The largest absolute Gasteiger partial charge is 0.494 e. The van der Waals surface area contributed by atoms with Crippen molar-refractivity contribution in [3.05, 3.63) is 29.3 Å². The van der Waals surface area contributed by atoms with E-state index in [0.29, 0.717) is 0 Å². The van der Waals surface area contributed by atoms with Gasteiger partial charge >= 0.3 is 0 Å². The van der Waals surface area contributed by atoms with Gasteiger partial charge in [0.2, 0.25) is 0 Å². The van der Waals surface area contributed by atoms with E-state index in [1.165, 1.54) is 11.1 Å². The van der Waals surface area contributed by atoms with Crippen LogP contribution >= 0.6 is 34.9 Å². The Balaban J connectivity index is 1.68. The third kappa shape index (κ3) is 5.00. The van der Waals surface area contributed by atoms with Gasteiger partial charge in [-0.2, -0.15) is 0 Å². The molecule has 0 fully saturated rings. The van der Waals surface area contributed by atoms with Gasteiger partial charge in [-0.05, 0) is 49.8 Å². The highest BCUT2D eigenvalue weighted by Crippen LogP contribution is 2.27. The van der Waals surface area contributed by atoms with Crippen LogP contribution < -0.4 is 4.74 Å². The molecule has 0 N–H and O–H groups in total. The van der Waals surface area contributed by atoms with Gasteiger partial charge in [0.25, 0.3) is 0 Å². The fourth-order valence-electron chi connectivity index (χ4n) is 1.76. The second-order valence-corrected chi connectivity index (χ2v) is 7.78. The molecule has 1 aromatic carbocycles. The van der Waals surface area contributed by atoms with E-state index in [1.54, 1.807) is 34.9 Å². The topological polar surface area (TPSA) is 35.0 Å². The molecule has 0 atom stereocenters. The lowest BCUT2D eigenvalue weighted by Crippen LogP contribution is -1.99. The molecule has 6 heteroatoms. The van der Waals surface area contributed by atoms with Crippen LogP contribution in [0.3, 0.4) is 0 Å². The van der Waals surface area contributed by atoms with Crippen LogP contribution in [-0.4, -0.2) is 28.8 Å². The Morgan fingerprint density at radius 1 is 1.10 bits per heavy atom. The van der Waals surface area contributed by atoms with Gasteiger partial charge in [-0.3, -0.25) is 0 Å². The van der Waals surface area contributed by atoms with Crippen LogP contribution in [0, 0.1) is 13.8 Å². The summed E-state index contributed by atoms with van der Waals surface area (Å²) in [6.45, 7) is 4.92. The molecule has 2 aromatic rings.